The Balaban J connectivity index is 3.54. The number of hydrogen-bond donors (Lipinski definition) is 1. The van der Waals surface area contributed by atoms with E-state index in [1.807, 2.05) is 0 Å². The van der Waals surface area contributed by atoms with Crippen molar-refractivity contribution < 1.29 is 39.1 Å². The van der Waals surface area contributed by atoms with Crippen molar-refractivity contribution in [2.75, 3.05) is 12.9 Å². The Morgan fingerprint density at radius 1 is 0.917 bits per heavy atom. The van der Waals surface area contributed by atoms with Gasteiger partial charge in [-0.3, -0.25) is 0 Å². The normalized spacial score (nSPS) is 13.2. The molecule has 0 fully saturated rings. The second kappa shape index (κ2) is 6.48. The number of sulfonamides is 2. The van der Waals surface area contributed by atoms with Gasteiger partial charge in [0, 0.05) is 0 Å². The first-order chi connectivity index (χ1) is 10.6. The summed E-state index contributed by atoms with van der Waals surface area (Å²) in [5.41, 5.74) is -0.617. The summed E-state index contributed by atoms with van der Waals surface area (Å²) in [5.74, 6) is -10.2. The van der Waals surface area contributed by atoms with Crippen molar-refractivity contribution in [3.63, 3.8) is 0 Å². The Kier molecular flexibility index (Phi) is 5.58. The van der Waals surface area contributed by atoms with Crippen LogP contribution < -0.4 is 8.86 Å². The molecule has 0 heterocycles. The van der Waals surface area contributed by atoms with Crippen molar-refractivity contribution in [2.45, 2.75) is 25.7 Å². The molecule has 138 valence electrons. The standard InChI is InChI=1S/C12H15F4NO5S2/c1-12(2,3)5-22-10-6(13)8(15)11(9(16)7(10)14)24(20,21)17-23(4,18)19/h17H,5H2,1-4H3. The van der Waals surface area contributed by atoms with Gasteiger partial charge in [0.1, 0.15) is 0 Å². The van der Waals surface area contributed by atoms with Gasteiger partial charge >= 0.3 is 0 Å². The zero-order valence-electron chi connectivity index (χ0n) is 13.1. The first-order valence-electron chi connectivity index (χ1n) is 6.29. The minimum atomic E-state index is -5.41. The van der Waals surface area contributed by atoms with Crippen LogP contribution in [0.5, 0.6) is 5.75 Å². The summed E-state index contributed by atoms with van der Waals surface area (Å²) < 4.78 is 106. The third-order valence-electron chi connectivity index (χ3n) is 2.36. The molecule has 1 aromatic carbocycles. The van der Waals surface area contributed by atoms with Crippen LogP contribution in [0.3, 0.4) is 0 Å². The molecule has 6 nitrogen and oxygen atoms in total. The highest BCUT2D eigenvalue weighted by atomic mass is 32.3. The fourth-order valence-electron chi connectivity index (χ4n) is 1.48. The Hall–Kier alpha value is -1.40. The molecule has 0 saturated heterocycles. The van der Waals surface area contributed by atoms with E-state index < -0.39 is 59.4 Å². The molecule has 12 heteroatoms. The lowest BCUT2D eigenvalue weighted by atomic mass is 9.99. The van der Waals surface area contributed by atoms with Gasteiger partial charge in [-0.05, 0) is 5.41 Å². The second-order valence-corrected chi connectivity index (χ2v) is 9.75. The second-order valence-electron chi connectivity index (χ2n) is 6.12. The molecule has 0 amide bonds. The van der Waals surface area contributed by atoms with Crippen LogP contribution in [0.4, 0.5) is 17.6 Å². The van der Waals surface area contributed by atoms with Gasteiger partial charge in [0.15, 0.2) is 22.3 Å². The lowest BCUT2D eigenvalue weighted by Crippen LogP contribution is -2.31. The molecule has 1 aromatic rings. The van der Waals surface area contributed by atoms with Crippen molar-refractivity contribution in [1.29, 1.82) is 0 Å². The number of rotatable bonds is 5. The summed E-state index contributed by atoms with van der Waals surface area (Å²) in [6.45, 7) is 4.52. The van der Waals surface area contributed by atoms with E-state index in [2.05, 4.69) is 0 Å². The summed E-state index contributed by atoms with van der Waals surface area (Å²) >= 11 is 0. The largest absolute Gasteiger partial charge is 0.487 e. The summed E-state index contributed by atoms with van der Waals surface area (Å²) in [4.78, 5) is -2.09. The van der Waals surface area contributed by atoms with Crippen molar-refractivity contribution in [3.05, 3.63) is 23.3 Å². The average Bonchev–Trinajstić information content (AvgIpc) is 2.32. The van der Waals surface area contributed by atoms with Gasteiger partial charge in [-0.25, -0.2) is 25.6 Å². The smallest absolute Gasteiger partial charge is 0.259 e. The van der Waals surface area contributed by atoms with Crippen LogP contribution in [-0.4, -0.2) is 29.7 Å². The molecule has 0 aliphatic rings. The van der Waals surface area contributed by atoms with Crippen LogP contribution in [0.25, 0.3) is 0 Å². The molecule has 1 rings (SSSR count). The minimum absolute atomic E-state index is 0.326. The fraction of sp³-hybridized carbons (Fsp3) is 0.500. The first kappa shape index (κ1) is 20.6. The van der Waals surface area contributed by atoms with Crippen LogP contribution in [0.2, 0.25) is 0 Å². The van der Waals surface area contributed by atoms with E-state index in [0.717, 1.165) is 4.13 Å². The lowest BCUT2D eigenvalue weighted by Gasteiger charge is -2.20. The maximum absolute atomic E-state index is 13.9. The maximum atomic E-state index is 13.9. The number of halogens is 4. The SMILES string of the molecule is CC(C)(C)COc1c(F)c(F)c(S(=O)(=O)NS(C)(=O)=O)c(F)c1F. The van der Waals surface area contributed by atoms with Crippen molar-refractivity contribution in [2.24, 2.45) is 5.41 Å². The Bertz CT molecular complexity index is 831. The first-order valence-corrected chi connectivity index (χ1v) is 9.66. The van der Waals surface area contributed by atoms with Crippen LogP contribution in [0.15, 0.2) is 4.90 Å². The van der Waals surface area contributed by atoms with Crippen LogP contribution >= 0.6 is 0 Å². The van der Waals surface area contributed by atoms with Gasteiger partial charge in [0.05, 0.1) is 12.9 Å². The summed E-state index contributed by atoms with van der Waals surface area (Å²) in [5, 5.41) is 0. The monoisotopic (exact) mass is 393 g/mol. The number of hydrogen-bond acceptors (Lipinski definition) is 5. The number of nitrogens with one attached hydrogen (secondary N) is 1. The zero-order chi connectivity index (χ0) is 19.1. The van der Waals surface area contributed by atoms with Crippen molar-refractivity contribution in [1.82, 2.24) is 4.13 Å². The highest BCUT2D eigenvalue weighted by Gasteiger charge is 2.35. The zero-order valence-corrected chi connectivity index (χ0v) is 14.7. The molecule has 0 unspecified atom stereocenters. The molecule has 0 aliphatic carbocycles. The van der Waals surface area contributed by atoms with Gasteiger partial charge in [-0.1, -0.05) is 20.8 Å². The molecule has 0 aliphatic heterocycles. The maximum Gasteiger partial charge on any atom is 0.259 e. The summed E-state index contributed by atoms with van der Waals surface area (Å²) in [6, 6.07) is 0. The molecule has 0 radical (unpaired) electrons. The molecule has 0 atom stereocenters. The average molecular weight is 393 g/mol. The Labute approximate surface area is 136 Å². The van der Waals surface area contributed by atoms with Gasteiger partial charge in [-0.15, -0.1) is 4.13 Å². The third-order valence-corrected chi connectivity index (χ3v) is 5.35. The highest BCUT2D eigenvalue weighted by Crippen LogP contribution is 2.33. The van der Waals surface area contributed by atoms with E-state index >= 15 is 0 Å². The van der Waals surface area contributed by atoms with Gasteiger partial charge in [0.25, 0.3) is 10.0 Å². The van der Waals surface area contributed by atoms with E-state index in [4.69, 9.17) is 4.74 Å². The number of ether oxygens (including phenoxy) is 1. The molecule has 1 N–H and O–H groups in total. The molecule has 0 spiro atoms. The Morgan fingerprint density at radius 3 is 1.67 bits per heavy atom. The van der Waals surface area contributed by atoms with Crippen molar-refractivity contribution in [3.8, 4) is 5.75 Å². The quantitative estimate of drug-likeness (QED) is 0.610. The topological polar surface area (TPSA) is 89.5 Å². The molecule has 0 saturated carbocycles. The van der Waals surface area contributed by atoms with E-state index in [-0.39, 0.29) is 6.61 Å². The molecule has 0 bridgehead atoms. The molecule has 0 aromatic heterocycles. The summed E-state index contributed by atoms with van der Waals surface area (Å²) in [6.07, 6.45) is 0.383. The van der Waals surface area contributed by atoms with Crippen molar-refractivity contribution >= 4 is 20.0 Å². The summed E-state index contributed by atoms with van der Waals surface area (Å²) in [7, 11) is -9.88. The predicted octanol–water partition coefficient (Wildman–Crippen LogP) is 1.91. The van der Waals surface area contributed by atoms with Gasteiger partial charge < -0.3 is 4.74 Å². The van der Waals surface area contributed by atoms with Crippen LogP contribution in [-0.2, 0) is 20.0 Å². The minimum Gasteiger partial charge on any atom is -0.487 e. The lowest BCUT2D eigenvalue weighted by molar-refractivity contribution is 0.178. The predicted molar refractivity (Wildman–Crippen MR) is 76.4 cm³/mol. The molecule has 24 heavy (non-hydrogen) atoms. The fourth-order valence-corrected chi connectivity index (χ4v) is 4.06. The van der Waals surface area contributed by atoms with Crippen LogP contribution in [0, 0.1) is 28.7 Å². The third kappa shape index (κ3) is 4.80. The van der Waals surface area contributed by atoms with E-state index in [1.54, 1.807) is 20.8 Å². The van der Waals surface area contributed by atoms with E-state index in [9.17, 15) is 34.4 Å². The van der Waals surface area contributed by atoms with E-state index in [0.29, 0.717) is 6.26 Å². The van der Waals surface area contributed by atoms with Gasteiger partial charge in [0.2, 0.25) is 21.7 Å². The number of benzene rings is 1. The van der Waals surface area contributed by atoms with E-state index in [1.165, 1.54) is 0 Å². The Morgan fingerprint density at radius 2 is 1.33 bits per heavy atom. The van der Waals surface area contributed by atoms with Crippen LogP contribution in [0.1, 0.15) is 20.8 Å². The highest BCUT2D eigenvalue weighted by molar-refractivity contribution is 8.04. The molecular formula is C12H15F4NO5S2. The molecular weight excluding hydrogens is 378 g/mol. The van der Waals surface area contributed by atoms with Gasteiger partial charge in [-0.2, -0.15) is 8.78 Å².